The fourth-order valence-corrected chi connectivity index (χ4v) is 4.10. The van der Waals surface area contributed by atoms with Gasteiger partial charge in [0.15, 0.2) is 5.11 Å². The number of carbonyl (C=O) groups excluding carboxylic acids is 3. The van der Waals surface area contributed by atoms with Crippen LogP contribution in [0.4, 0.5) is 5.00 Å². The highest BCUT2D eigenvalue weighted by Crippen LogP contribution is 2.37. The van der Waals surface area contributed by atoms with Gasteiger partial charge in [-0.05, 0) is 50.4 Å². The Morgan fingerprint density at radius 3 is 2.68 bits per heavy atom. The van der Waals surface area contributed by atoms with Crippen LogP contribution >= 0.6 is 23.6 Å². The van der Waals surface area contributed by atoms with Crippen molar-refractivity contribution in [3.63, 3.8) is 0 Å². The van der Waals surface area contributed by atoms with Crippen molar-refractivity contribution in [3.05, 3.63) is 28.2 Å². The Morgan fingerprint density at radius 2 is 2.00 bits per heavy atom. The number of primary amides is 1. The lowest BCUT2D eigenvalue weighted by Gasteiger charge is -2.11. The zero-order chi connectivity index (χ0) is 18.4. The topological polar surface area (TPSA) is 111 Å². The molecule has 0 fully saturated rings. The number of aryl methyl sites for hydroxylation is 1. The quantitative estimate of drug-likeness (QED) is 0.406. The third-order valence-corrected chi connectivity index (χ3v) is 4.95. The van der Waals surface area contributed by atoms with Crippen molar-refractivity contribution in [1.29, 1.82) is 0 Å². The zero-order valence-corrected chi connectivity index (χ0v) is 15.4. The SMILES string of the molecule is CCOC(=O)C=CC(=O)NC(=S)Nc1sc2c(c1C(N)=O)CCCC2. The van der Waals surface area contributed by atoms with E-state index >= 15 is 0 Å². The van der Waals surface area contributed by atoms with E-state index in [1.54, 1.807) is 6.92 Å². The summed E-state index contributed by atoms with van der Waals surface area (Å²) in [4.78, 5) is 35.8. The molecule has 0 aromatic carbocycles. The van der Waals surface area contributed by atoms with Crippen LogP contribution in [-0.4, -0.2) is 29.5 Å². The molecule has 2 rings (SSSR count). The second-order valence-electron chi connectivity index (χ2n) is 5.31. The maximum absolute atomic E-state index is 11.8. The molecule has 1 aromatic heterocycles. The molecule has 4 N–H and O–H groups in total. The van der Waals surface area contributed by atoms with E-state index < -0.39 is 17.8 Å². The molecule has 1 aliphatic carbocycles. The summed E-state index contributed by atoms with van der Waals surface area (Å²) in [7, 11) is 0. The first-order valence-corrected chi connectivity index (χ1v) is 9.06. The summed E-state index contributed by atoms with van der Waals surface area (Å²) >= 11 is 6.52. The highest BCUT2D eigenvalue weighted by molar-refractivity contribution is 7.80. The van der Waals surface area contributed by atoms with Gasteiger partial charge in [0.2, 0.25) is 5.91 Å². The van der Waals surface area contributed by atoms with Crippen LogP contribution in [-0.2, 0) is 27.2 Å². The fraction of sp³-hybridized carbons (Fsp3) is 0.375. The van der Waals surface area contributed by atoms with E-state index in [-0.39, 0.29) is 11.7 Å². The molecule has 0 atom stereocenters. The Morgan fingerprint density at radius 1 is 1.28 bits per heavy atom. The molecule has 0 radical (unpaired) electrons. The van der Waals surface area contributed by atoms with Gasteiger partial charge in [0.05, 0.1) is 12.2 Å². The summed E-state index contributed by atoms with van der Waals surface area (Å²) in [5.74, 6) is -1.70. The number of esters is 1. The lowest BCUT2D eigenvalue weighted by molar-refractivity contribution is -0.137. The van der Waals surface area contributed by atoms with Gasteiger partial charge in [0.1, 0.15) is 5.00 Å². The first-order chi connectivity index (χ1) is 11.9. The number of nitrogens with two attached hydrogens (primary N) is 1. The second kappa shape index (κ2) is 8.72. The molecule has 0 aliphatic heterocycles. The minimum Gasteiger partial charge on any atom is -0.463 e. The Labute approximate surface area is 154 Å². The standard InChI is InChI=1S/C16H19N3O4S2/c1-2-23-12(21)8-7-11(20)18-16(24)19-15-13(14(17)22)9-5-3-4-6-10(9)25-15/h7-8H,2-6H2,1H3,(H2,17,22)(H2,18,19,20,24). The number of carbonyl (C=O) groups is 3. The number of nitrogens with one attached hydrogen (secondary N) is 2. The van der Waals surface area contributed by atoms with Gasteiger partial charge in [-0.25, -0.2) is 4.79 Å². The van der Waals surface area contributed by atoms with E-state index in [1.165, 1.54) is 11.3 Å². The summed E-state index contributed by atoms with van der Waals surface area (Å²) in [5.41, 5.74) is 6.92. The number of thiophene rings is 1. The molecular weight excluding hydrogens is 362 g/mol. The van der Waals surface area contributed by atoms with Crippen molar-refractivity contribution >= 4 is 51.5 Å². The Bertz CT molecular complexity index is 740. The van der Waals surface area contributed by atoms with Gasteiger partial charge in [-0.3, -0.25) is 14.9 Å². The van der Waals surface area contributed by atoms with Crippen LogP contribution in [0.15, 0.2) is 12.2 Å². The first kappa shape index (κ1) is 19.1. The van der Waals surface area contributed by atoms with Crippen LogP contribution in [0, 0.1) is 0 Å². The molecule has 134 valence electrons. The minimum absolute atomic E-state index is 0.0274. The maximum Gasteiger partial charge on any atom is 0.330 e. The molecule has 1 aromatic rings. The zero-order valence-electron chi connectivity index (χ0n) is 13.7. The van der Waals surface area contributed by atoms with Crippen LogP contribution in [0.25, 0.3) is 0 Å². The average molecular weight is 381 g/mol. The number of amides is 2. The van der Waals surface area contributed by atoms with Crippen molar-refractivity contribution in [2.24, 2.45) is 5.73 Å². The van der Waals surface area contributed by atoms with Crippen molar-refractivity contribution in [3.8, 4) is 0 Å². The van der Waals surface area contributed by atoms with Gasteiger partial charge >= 0.3 is 5.97 Å². The predicted molar refractivity (Wildman–Crippen MR) is 99.6 cm³/mol. The molecule has 0 saturated carbocycles. The van der Waals surface area contributed by atoms with Crippen molar-refractivity contribution in [2.45, 2.75) is 32.6 Å². The minimum atomic E-state index is -0.613. The average Bonchev–Trinajstić information content (AvgIpc) is 2.90. The number of ether oxygens (including phenoxy) is 1. The molecule has 25 heavy (non-hydrogen) atoms. The second-order valence-corrected chi connectivity index (χ2v) is 6.82. The molecule has 0 unspecified atom stereocenters. The predicted octanol–water partition coefficient (Wildman–Crippen LogP) is 1.66. The van der Waals surface area contributed by atoms with E-state index in [1.807, 2.05) is 0 Å². The maximum atomic E-state index is 11.8. The van der Waals surface area contributed by atoms with Crippen LogP contribution in [0.1, 0.15) is 40.6 Å². The van der Waals surface area contributed by atoms with E-state index in [0.717, 1.165) is 48.3 Å². The van der Waals surface area contributed by atoms with Crippen molar-refractivity contribution in [1.82, 2.24) is 5.32 Å². The summed E-state index contributed by atoms with van der Waals surface area (Å²) in [5, 5.41) is 5.84. The van der Waals surface area contributed by atoms with Gasteiger partial charge in [-0.2, -0.15) is 0 Å². The lowest BCUT2D eigenvalue weighted by Crippen LogP contribution is -2.33. The highest BCUT2D eigenvalue weighted by Gasteiger charge is 2.24. The fourth-order valence-electron chi connectivity index (χ4n) is 2.54. The van der Waals surface area contributed by atoms with E-state index in [0.29, 0.717) is 10.6 Å². The monoisotopic (exact) mass is 381 g/mol. The van der Waals surface area contributed by atoms with Crippen LogP contribution < -0.4 is 16.4 Å². The van der Waals surface area contributed by atoms with Crippen molar-refractivity contribution < 1.29 is 19.1 Å². The molecular formula is C16H19N3O4S2. The molecule has 0 spiro atoms. The van der Waals surface area contributed by atoms with E-state index in [9.17, 15) is 14.4 Å². The first-order valence-electron chi connectivity index (χ1n) is 7.83. The number of fused-ring (bicyclic) bond motifs is 1. The lowest BCUT2D eigenvalue weighted by atomic mass is 9.95. The van der Waals surface area contributed by atoms with Crippen molar-refractivity contribution in [2.75, 3.05) is 11.9 Å². The van der Waals surface area contributed by atoms with Gasteiger partial charge < -0.3 is 15.8 Å². The Balaban J connectivity index is 2.03. The molecule has 0 bridgehead atoms. The summed E-state index contributed by atoms with van der Waals surface area (Å²) in [6.07, 6.45) is 5.85. The molecule has 9 heteroatoms. The van der Waals surface area contributed by atoms with Crippen LogP contribution in [0.2, 0.25) is 0 Å². The number of hydrogen-bond acceptors (Lipinski definition) is 6. The molecule has 2 amide bonds. The molecule has 1 heterocycles. The summed E-state index contributed by atoms with van der Waals surface area (Å²) in [6, 6.07) is 0. The third-order valence-electron chi connectivity index (χ3n) is 3.54. The van der Waals surface area contributed by atoms with Gasteiger partial charge in [-0.15, -0.1) is 11.3 Å². The van der Waals surface area contributed by atoms with Gasteiger partial charge in [0, 0.05) is 17.0 Å². The summed E-state index contributed by atoms with van der Waals surface area (Å²) in [6.45, 7) is 1.89. The number of thiocarbonyl (C=S) groups is 1. The highest BCUT2D eigenvalue weighted by atomic mass is 32.1. The molecule has 1 aliphatic rings. The largest absolute Gasteiger partial charge is 0.463 e. The van der Waals surface area contributed by atoms with Crippen LogP contribution in [0.5, 0.6) is 0 Å². The van der Waals surface area contributed by atoms with E-state index in [2.05, 4.69) is 15.4 Å². The smallest absolute Gasteiger partial charge is 0.330 e. The Kier molecular flexibility index (Phi) is 6.65. The summed E-state index contributed by atoms with van der Waals surface area (Å²) < 4.78 is 4.68. The van der Waals surface area contributed by atoms with E-state index in [4.69, 9.17) is 18.0 Å². The Hall–Kier alpha value is -2.26. The number of rotatable bonds is 5. The van der Waals surface area contributed by atoms with Gasteiger partial charge in [-0.1, -0.05) is 0 Å². The molecule has 0 saturated heterocycles. The van der Waals surface area contributed by atoms with Crippen LogP contribution in [0.3, 0.4) is 0 Å². The van der Waals surface area contributed by atoms with Gasteiger partial charge in [0.25, 0.3) is 5.91 Å². The third kappa shape index (κ3) is 5.10. The number of hydrogen-bond donors (Lipinski definition) is 3. The normalized spacial score (nSPS) is 13.2. The number of anilines is 1. The molecule has 7 nitrogen and oxygen atoms in total.